The minimum Gasteiger partial charge on any atom is -0.395 e. The summed E-state index contributed by atoms with van der Waals surface area (Å²) in [4.78, 5) is 18.1. The van der Waals surface area contributed by atoms with Crippen LogP contribution in [0.15, 0.2) is 16.7 Å². The maximum absolute atomic E-state index is 12.4. The van der Waals surface area contributed by atoms with Gasteiger partial charge in [0.25, 0.3) is 5.91 Å². The first-order valence-corrected chi connectivity index (χ1v) is 6.75. The minimum absolute atomic E-state index is 0.0381. The molecule has 1 aliphatic rings. The molecule has 2 rings (SSSR count). The van der Waals surface area contributed by atoms with E-state index < -0.39 is 0 Å². The van der Waals surface area contributed by atoms with Crippen molar-refractivity contribution in [3.05, 3.63) is 22.3 Å². The van der Waals surface area contributed by atoms with Crippen molar-refractivity contribution in [3.8, 4) is 0 Å². The second-order valence-corrected chi connectivity index (χ2v) is 5.31. The van der Waals surface area contributed by atoms with Crippen LogP contribution in [0.5, 0.6) is 0 Å². The van der Waals surface area contributed by atoms with E-state index in [1.807, 2.05) is 0 Å². The summed E-state index contributed by atoms with van der Waals surface area (Å²) in [6.07, 6.45) is 4.68. The number of hydrogen-bond acceptors (Lipinski definition) is 4. The minimum atomic E-state index is -0.153. The highest BCUT2D eigenvalue weighted by atomic mass is 79.9. The number of nitrogen functional groups attached to an aromatic ring is 1. The van der Waals surface area contributed by atoms with Gasteiger partial charge in [-0.3, -0.25) is 4.79 Å². The maximum Gasteiger partial charge on any atom is 0.257 e. The fourth-order valence-corrected chi connectivity index (χ4v) is 2.36. The Hall–Kier alpha value is -1.14. The Balaban J connectivity index is 2.23. The average Bonchev–Trinajstić information content (AvgIpc) is 2.28. The second kappa shape index (κ2) is 5.67. The van der Waals surface area contributed by atoms with Crippen LogP contribution in [0.2, 0.25) is 0 Å². The zero-order chi connectivity index (χ0) is 13.1. The van der Waals surface area contributed by atoms with Gasteiger partial charge in [-0.05, 0) is 41.3 Å². The molecule has 0 aromatic carbocycles. The smallest absolute Gasteiger partial charge is 0.257 e. The van der Waals surface area contributed by atoms with Crippen molar-refractivity contribution in [2.75, 3.05) is 18.9 Å². The zero-order valence-corrected chi connectivity index (χ0v) is 11.6. The largest absolute Gasteiger partial charge is 0.395 e. The van der Waals surface area contributed by atoms with E-state index in [1.54, 1.807) is 17.2 Å². The summed E-state index contributed by atoms with van der Waals surface area (Å²) in [7, 11) is 0. The summed E-state index contributed by atoms with van der Waals surface area (Å²) < 4.78 is 0.720. The highest BCUT2D eigenvalue weighted by Crippen LogP contribution is 2.27. The fourth-order valence-electron chi connectivity index (χ4n) is 2.03. The van der Waals surface area contributed by atoms with Gasteiger partial charge in [0.1, 0.15) is 5.82 Å². The Morgan fingerprint density at radius 1 is 1.61 bits per heavy atom. The van der Waals surface area contributed by atoms with Gasteiger partial charge in [0, 0.05) is 23.3 Å². The quantitative estimate of drug-likeness (QED) is 0.881. The molecule has 1 amide bonds. The SMILES string of the molecule is Nc1ncc(Br)cc1C(=O)N(CCO)C1CCC1. The van der Waals surface area contributed by atoms with Gasteiger partial charge in [0.05, 0.1) is 12.2 Å². The third-order valence-corrected chi connectivity index (χ3v) is 3.67. The number of nitrogens with two attached hydrogens (primary N) is 1. The van der Waals surface area contributed by atoms with Crippen LogP contribution in [-0.2, 0) is 0 Å². The molecule has 0 unspecified atom stereocenters. The van der Waals surface area contributed by atoms with Crippen LogP contribution in [0, 0.1) is 0 Å². The third-order valence-electron chi connectivity index (χ3n) is 3.23. The van der Waals surface area contributed by atoms with E-state index in [-0.39, 0.29) is 24.4 Å². The molecule has 1 saturated carbocycles. The molecule has 1 heterocycles. The van der Waals surface area contributed by atoms with Crippen molar-refractivity contribution in [2.45, 2.75) is 25.3 Å². The number of aliphatic hydroxyl groups is 1. The van der Waals surface area contributed by atoms with Crippen LogP contribution in [-0.4, -0.2) is 40.1 Å². The number of anilines is 1. The molecule has 5 nitrogen and oxygen atoms in total. The molecule has 1 aromatic heterocycles. The summed E-state index contributed by atoms with van der Waals surface area (Å²) in [5.41, 5.74) is 6.14. The lowest BCUT2D eigenvalue weighted by Crippen LogP contribution is -2.45. The Morgan fingerprint density at radius 3 is 2.89 bits per heavy atom. The Labute approximate surface area is 114 Å². The van der Waals surface area contributed by atoms with Crippen molar-refractivity contribution in [2.24, 2.45) is 0 Å². The molecule has 0 bridgehead atoms. The summed E-state index contributed by atoms with van der Waals surface area (Å²) in [6, 6.07) is 1.90. The van der Waals surface area contributed by atoms with Crippen molar-refractivity contribution in [1.82, 2.24) is 9.88 Å². The Morgan fingerprint density at radius 2 is 2.33 bits per heavy atom. The highest BCUT2D eigenvalue weighted by Gasteiger charge is 2.30. The van der Waals surface area contributed by atoms with E-state index in [0.717, 1.165) is 23.7 Å². The molecule has 6 heteroatoms. The summed E-state index contributed by atoms with van der Waals surface area (Å²) in [6.45, 7) is 0.305. The van der Waals surface area contributed by atoms with Crippen molar-refractivity contribution in [3.63, 3.8) is 0 Å². The first kappa shape index (κ1) is 13.3. The monoisotopic (exact) mass is 313 g/mol. The molecule has 18 heavy (non-hydrogen) atoms. The van der Waals surface area contributed by atoms with E-state index in [1.165, 1.54) is 0 Å². The van der Waals surface area contributed by atoms with E-state index >= 15 is 0 Å². The number of amides is 1. The lowest BCUT2D eigenvalue weighted by atomic mass is 9.91. The molecule has 0 spiro atoms. The average molecular weight is 314 g/mol. The molecule has 1 fully saturated rings. The molecular formula is C12H16BrN3O2. The van der Waals surface area contributed by atoms with Crippen LogP contribution in [0.1, 0.15) is 29.6 Å². The molecule has 0 aliphatic heterocycles. The second-order valence-electron chi connectivity index (χ2n) is 4.39. The maximum atomic E-state index is 12.4. The number of rotatable bonds is 4. The van der Waals surface area contributed by atoms with Gasteiger partial charge in [0.15, 0.2) is 0 Å². The third kappa shape index (κ3) is 2.64. The van der Waals surface area contributed by atoms with Crippen LogP contribution in [0.3, 0.4) is 0 Å². The number of nitrogens with zero attached hydrogens (tertiary/aromatic N) is 2. The van der Waals surface area contributed by atoms with Gasteiger partial charge < -0.3 is 15.7 Å². The summed E-state index contributed by atoms with van der Waals surface area (Å²) in [5, 5.41) is 9.07. The predicted octanol–water partition coefficient (Wildman–Crippen LogP) is 1.41. The molecule has 0 saturated heterocycles. The zero-order valence-electron chi connectivity index (χ0n) is 9.97. The van der Waals surface area contributed by atoms with E-state index in [2.05, 4.69) is 20.9 Å². The molecule has 0 atom stereocenters. The standard InChI is InChI=1S/C12H16BrN3O2/c13-8-6-10(11(14)15-7-8)12(18)16(4-5-17)9-2-1-3-9/h6-7,9,17H,1-5H2,(H2,14,15). The van der Waals surface area contributed by atoms with Crippen LogP contribution in [0.25, 0.3) is 0 Å². The number of aliphatic hydroxyl groups excluding tert-OH is 1. The predicted molar refractivity (Wildman–Crippen MR) is 72.1 cm³/mol. The fraction of sp³-hybridized carbons (Fsp3) is 0.500. The van der Waals surface area contributed by atoms with Crippen LogP contribution < -0.4 is 5.73 Å². The molecule has 0 radical (unpaired) electrons. The van der Waals surface area contributed by atoms with Gasteiger partial charge >= 0.3 is 0 Å². The lowest BCUT2D eigenvalue weighted by Gasteiger charge is -2.37. The lowest BCUT2D eigenvalue weighted by molar-refractivity contribution is 0.0526. The number of pyridine rings is 1. The van der Waals surface area contributed by atoms with Gasteiger partial charge in [0.2, 0.25) is 0 Å². The van der Waals surface area contributed by atoms with Crippen molar-refractivity contribution < 1.29 is 9.90 Å². The Bertz CT molecular complexity index is 449. The number of carbonyl (C=O) groups is 1. The molecule has 3 N–H and O–H groups in total. The normalized spacial score (nSPS) is 15.2. The summed E-state index contributed by atoms with van der Waals surface area (Å²) in [5.74, 6) is 0.0745. The number of aromatic nitrogens is 1. The number of carbonyl (C=O) groups excluding carboxylic acids is 1. The van der Waals surface area contributed by atoms with Crippen molar-refractivity contribution in [1.29, 1.82) is 0 Å². The van der Waals surface area contributed by atoms with Crippen LogP contribution in [0.4, 0.5) is 5.82 Å². The van der Waals surface area contributed by atoms with E-state index in [0.29, 0.717) is 12.1 Å². The first-order chi connectivity index (χ1) is 8.63. The van der Waals surface area contributed by atoms with E-state index in [4.69, 9.17) is 10.8 Å². The molecule has 98 valence electrons. The first-order valence-electron chi connectivity index (χ1n) is 5.96. The van der Waals surface area contributed by atoms with Gasteiger partial charge in [-0.2, -0.15) is 0 Å². The summed E-state index contributed by atoms with van der Waals surface area (Å²) >= 11 is 3.28. The molecule has 1 aliphatic carbocycles. The van der Waals surface area contributed by atoms with Gasteiger partial charge in [-0.1, -0.05) is 0 Å². The number of halogens is 1. The Kier molecular flexibility index (Phi) is 4.19. The van der Waals surface area contributed by atoms with Gasteiger partial charge in [-0.15, -0.1) is 0 Å². The molecule has 1 aromatic rings. The van der Waals surface area contributed by atoms with E-state index in [9.17, 15) is 4.79 Å². The topological polar surface area (TPSA) is 79.5 Å². The van der Waals surface area contributed by atoms with Crippen LogP contribution >= 0.6 is 15.9 Å². The van der Waals surface area contributed by atoms with Crippen molar-refractivity contribution >= 4 is 27.7 Å². The highest BCUT2D eigenvalue weighted by molar-refractivity contribution is 9.10. The number of hydrogen-bond donors (Lipinski definition) is 2. The van der Waals surface area contributed by atoms with Gasteiger partial charge in [-0.25, -0.2) is 4.98 Å². The molecular weight excluding hydrogens is 298 g/mol.